The number of hydrogen-bond donors (Lipinski definition) is 1. The summed E-state index contributed by atoms with van der Waals surface area (Å²) in [6.07, 6.45) is 0.227. The van der Waals surface area contributed by atoms with E-state index in [4.69, 9.17) is 14.2 Å². The molecule has 0 aliphatic rings. The van der Waals surface area contributed by atoms with Crippen molar-refractivity contribution >= 4 is 23.6 Å². The van der Waals surface area contributed by atoms with Crippen LogP contribution in [0, 0.1) is 10.1 Å². The Morgan fingerprint density at radius 3 is 2.37 bits per heavy atom. The van der Waals surface area contributed by atoms with Crippen molar-refractivity contribution in [2.75, 3.05) is 12.4 Å². The first-order valence-corrected chi connectivity index (χ1v) is 9.01. The molecule has 1 atom stereocenters. The van der Waals surface area contributed by atoms with Gasteiger partial charge in [0.25, 0.3) is 0 Å². The molecule has 0 unspecified atom stereocenters. The van der Waals surface area contributed by atoms with Crippen LogP contribution in [0.25, 0.3) is 0 Å². The van der Waals surface area contributed by atoms with Gasteiger partial charge in [0.1, 0.15) is 17.0 Å². The molecule has 1 heterocycles. The Morgan fingerprint density at radius 1 is 1.20 bits per heavy atom. The summed E-state index contributed by atoms with van der Waals surface area (Å²) in [4.78, 5) is 39.3. The molecule has 0 spiro atoms. The Hall–Kier alpha value is -3.69. The monoisotopic (exact) mass is 417 g/mol. The molecule has 2 rings (SSSR count). The van der Waals surface area contributed by atoms with E-state index in [1.807, 2.05) is 0 Å². The van der Waals surface area contributed by atoms with Gasteiger partial charge in [-0.25, -0.2) is 4.79 Å². The molecule has 10 nitrogen and oxygen atoms in total. The fourth-order valence-electron chi connectivity index (χ4n) is 2.58. The lowest BCUT2D eigenvalue weighted by atomic mass is 9.99. The molecule has 1 aromatic heterocycles. The predicted molar refractivity (Wildman–Crippen MR) is 108 cm³/mol. The molecule has 0 aliphatic carbocycles. The Bertz CT molecular complexity index is 939. The molecule has 160 valence electrons. The highest BCUT2D eigenvalue weighted by molar-refractivity contribution is 5.92. The van der Waals surface area contributed by atoms with Gasteiger partial charge in [0.15, 0.2) is 11.9 Å². The normalized spacial score (nSPS) is 11.9. The maximum Gasteiger partial charge on any atom is 0.412 e. The summed E-state index contributed by atoms with van der Waals surface area (Å²) in [5.41, 5.74) is -1.09. The number of ether oxygens (including phenoxy) is 3. The zero-order valence-corrected chi connectivity index (χ0v) is 17.3. The Kier molecular flexibility index (Phi) is 6.93. The third-order valence-electron chi connectivity index (χ3n) is 3.82. The predicted octanol–water partition coefficient (Wildman–Crippen LogP) is 4.41. The van der Waals surface area contributed by atoms with E-state index in [-0.39, 0.29) is 17.0 Å². The van der Waals surface area contributed by atoms with Gasteiger partial charge in [-0.3, -0.25) is 10.1 Å². The van der Waals surface area contributed by atoms with E-state index in [2.05, 4.69) is 10.3 Å². The molecule has 0 bridgehead atoms. The van der Waals surface area contributed by atoms with Gasteiger partial charge in [-0.1, -0.05) is 18.2 Å². The smallest absolute Gasteiger partial charge is 0.412 e. The first kappa shape index (κ1) is 22.6. The van der Waals surface area contributed by atoms with Crippen LogP contribution in [0.3, 0.4) is 0 Å². The number of esters is 1. The first-order valence-electron chi connectivity index (χ1n) is 9.01. The van der Waals surface area contributed by atoms with Crippen LogP contribution in [0.2, 0.25) is 0 Å². The molecule has 1 aromatic carbocycles. The summed E-state index contributed by atoms with van der Waals surface area (Å²) in [5, 5.41) is 14.1. The van der Waals surface area contributed by atoms with E-state index in [0.29, 0.717) is 5.75 Å². The van der Waals surface area contributed by atoms with E-state index in [0.717, 1.165) is 13.3 Å². The average Bonchev–Trinajstić information content (AvgIpc) is 2.67. The fourth-order valence-corrected chi connectivity index (χ4v) is 2.58. The molecule has 0 radical (unpaired) electrons. The number of amides is 1. The minimum Gasteiger partial charge on any atom is -0.469 e. The number of rotatable bonds is 6. The van der Waals surface area contributed by atoms with Crippen LogP contribution in [-0.4, -0.2) is 34.7 Å². The van der Waals surface area contributed by atoms with Crippen LogP contribution in [0.1, 0.15) is 39.2 Å². The van der Waals surface area contributed by atoms with Gasteiger partial charge in [0, 0.05) is 0 Å². The van der Waals surface area contributed by atoms with Gasteiger partial charge in [-0.05, 0) is 49.7 Å². The quantitative estimate of drug-likeness (QED) is 0.416. The number of aromatic nitrogens is 1. The number of methoxy groups -OCH3 is 1. The number of carbonyl (C=O) groups is 2. The highest BCUT2D eigenvalue weighted by Crippen LogP contribution is 2.40. The van der Waals surface area contributed by atoms with E-state index < -0.39 is 34.3 Å². The maximum absolute atomic E-state index is 12.4. The number of pyridine rings is 1. The van der Waals surface area contributed by atoms with Crippen LogP contribution in [0.4, 0.5) is 16.3 Å². The van der Waals surface area contributed by atoms with Crippen LogP contribution >= 0.6 is 0 Å². The Morgan fingerprint density at radius 2 is 1.83 bits per heavy atom. The van der Waals surface area contributed by atoms with Crippen molar-refractivity contribution in [2.24, 2.45) is 0 Å². The molecule has 1 N–H and O–H groups in total. The van der Waals surface area contributed by atoms with Crippen molar-refractivity contribution in [1.29, 1.82) is 0 Å². The van der Waals surface area contributed by atoms with E-state index in [1.54, 1.807) is 51.1 Å². The van der Waals surface area contributed by atoms with Crippen LogP contribution < -0.4 is 10.1 Å². The van der Waals surface area contributed by atoms with Crippen molar-refractivity contribution in [3.63, 3.8) is 0 Å². The lowest BCUT2D eigenvalue weighted by molar-refractivity contribution is -0.390. The average molecular weight is 417 g/mol. The second kappa shape index (κ2) is 9.21. The molecule has 2 aromatic rings. The number of hydrogen-bond acceptors (Lipinski definition) is 8. The molecule has 0 fully saturated rings. The second-order valence-corrected chi connectivity index (χ2v) is 7.28. The lowest BCUT2D eigenvalue weighted by Gasteiger charge is -2.22. The summed E-state index contributed by atoms with van der Waals surface area (Å²) in [6.45, 7) is 6.41. The third-order valence-corrected chi connectivity index (χ3v) is 3.82. The van der Waals surface area contributed by atoms with Gasteiger partial charge < -0.3 is 24.3 Å². The highest BCUT2D eigenvalue weighted by atomic mass is 16.6. The van der Waals surface area contributed by atoms with Gasteiger partial charge in [-0.2, -0.15) is 0 Å². The van der Waals surface area contributed by atoms with E-state index in [1.165, 1.54) is 6.92 Å². The molecule has 0 saturated carbocycles. The van der Waals surface area contributed by atoms with E-state index >= 15 is 0 Å². The second-order valence-electron chi connectivity index (χ2n) is 7.28. The Balaban J connectivity index is 2.64. The summed E-state index contributed by atoms with van der Waals surface area (Å²) < 4.78 is 15.8. The van der Waals surface area contributed by atoms with Crippen molar-refractivity contribution in [3.8, 4) is 11.5 Å². The molecular weight excluding hydrogens is 394 g/mol. The maximum atomic E-state index is 12.4. The number of anilines is 1. The number of para-hydroxylation sites is 1. The Labute approximate surface area is 173 Å². The highest BCUT2D eigenvalue weighted by Gasteiger charge is 2.34. The van der Waals surface area contributed by atoms with Gasteiger partial charge in [0.2, 0.25) is 0 Å². The number of nitrogens with one attached hydrogen (secondary N) is 1. The molecular formula is C20H23N3O7. The van der Waals surface area contributed by atoms with Crippen molar-refractivity contribution < 1.29 is 28.7 Å². The SMILES string of the molecule is COC(=O)[C@@H](C)c1c([N+](=O)[O-])ncc(Oc2ccccc2)c1NC(=O)OC(C)(C)C. The topological polar surface area (TPSA) is 130 Å². The third kappa shape index (κ3) is 5.66. The molecule has 0 aliphatic heterocycles. The van der Waals surface area contributed by atoms with Gasteiger partial charge in [0.05, 0.1) is 18.6 Å². The van der Waals surface area contributed by atoms with Crippen molar-refractivity contribution in [2.45, 2.75) is 39.2 Å². The summed E-state index contributed by atoms with van der Waals surface area (Å²) in [5.74, 6) is -2.07. The number of nitro groups is 1. The number of carbonyl (C=O) groups excluding carboxylic acids is 2. The van der Waals surface area contributed by atoms with Crippen LogP contribution in [0.15, 0.2) is 36.5 Å². The van der Waals surface area contributed by atoms with Crippen LogP contribution in [-0.2, 0) is 14.3 Å². The summed E-state index contributed by atoms with van der Waals surface area (Å²) in [7, 11) is 1.16. The summed E-state index contributed by atoms with van der Waals surface area (Å²) >= 11 is 0. The molecule has 0 saturated heterocycles. The summed E-state index contributed by atoms with van der Waals surface area (Å²) in [6, 6.07) is 8.55. The molecule has 1 amide bonds. The standard InChI is InChI=1S/C20H23N3O7/c1-12(18(24)28-5)15-16(22-19(25)30-20(2,3)4)14(11-21-17(15)23(26)27)29-13-9-7-6-8-10-13/h6-12H,1-5H3,(H,21,22,25)/t12-/m0/s1. The minimum absolute atomic E-state index is 0.00316. The molecule has 10 heteroatoms. The van der Waals surface area contributed by atoms with Crippen molar-refractivity contribution in [1.82, 2.24) is 4.98 Å². The van der Waals surface area contributed by atoms with E-state index in [9.17, 15) is 19.7 Å². The number of nitrogens with zero attached hydrogens (tertiary/aromatic N) is 2. The van der Waals surface area contributed by atoms with Crippen molar-refractivity contribution in [3.05, 3.63) is 52.2 Å². The minimum atomic E-state index is -1.12. The molecule has 30 heavy (non-hydrogen) atoms. The largest absolute Gasteiger partial charge is 0.469 e. The van der Waals surface area contributed by atoms with Gasteiger partial charge >= 0.3 is 17.9 Å². The van der Waals surface area contributed by atoms with Gasteiger partial charge in [-0.15, -0.1) is 0 Å². The zero-order chi connectivity index (χ0) is 22.5. The zero-order valence-electron chi connectivity index (χ0n) is 17.3. The lowest BCUT2D eigenvalue weighted by Crippen LogP contribution is -2.28. The fraction of sp³-hybridized carbons (Fsp3) is 0.350. The van der Waals surface area contributed by atoms with Crippen LogP contribution in [0.5, 0.6) is 11.5 Å². The number of benzene rings is 1. The first-order chi connectivity index (χ1) is 14.0.